The molecule has 0 atom stereocenters. The van der Waals surface area contributed by atoms with Crippen LogP contribution in [-0.4, -0.2) is 40.8 Å². The van der Waals surface area contributed by atoms with Gasteiger partial charge in [0.2, 0.25) is 0 Å². The van der Waals surface area contributed by atoms with Crippen LogP contribution in [0.25, 0.3) is 38.8 Å². The second-order valence-electron chi connectivity index (χ2n) is 8.00. The Morgan fingerprint density at radius 3 is 2.44 bits per heavy atom. The van der Waals surface area contributed by atoms with Crippen LogP contribution < -0.4 is 10.4 Å². The SMILES string of the molecule is CCn1cc(-n2c(=O)n(C)c3cnc4cc(OC)c(-c5cn(C)nc5C)cc4c32)c(C)n1. The van der Waals surface area contributed by atoms with Gasteiger partial charge in [-0.15, -0.1) is 0 Å². The average molecular weight is 432 g/mol. The Morgan fingerprint density at radius 1 is 1.03 bits per heavy atom. The van der Waals surface area contributed by atoms with E-state index >= 15 is 0 Å². The van der Waals surface area contributed by atoms with Gasteiger partial charge in [-0.3, -0.25) is 23.5 Å². The number of rotatable bonds is 4. The molecule has 0 saturated heterocycles. The maximum absolute atomic E-state index is 13.3. The highest BCUT2D eigenvalue weighted by Crippen LogP contribution is 2.37. The summed E-state index contributed by atoms with van der Waals surface area (Å²) in [6.07, 6.45) is 5.63. The zero-order valence-electron chi connectivity index (χ0n) is 19.0. The number of imidazole rings is 1. The number of aromatic nitrogens is 7. The second kappa shape index (κ2) is 7.08. The Balaban J connectivity index is 1.93. The Kier molecular flexibility index (Phi) is 4.44. The number of benzene rings is 1. The summed E-state index contributed by atoms with van der Waals surface area (Å²) >= 11 is 0. The molecule has 1 aromatic carbocycles. The third kappa shape index (κ3) is 2.77. The number of pyridine rings is 1. The molecule has 4 aromatic heterocycles. The van der Waals surface area contributed by atoms with E-state index in [9.17, 15) is 4.79 Å². The maximum Gasteiger partial charge on any atom is 0.333 e. The molecule has 0 aliphatic rings. The zero-order valence-corrected chi connectivity index (χ0v) is 19.0. The normalized spacial score (nSPS) is 11.7. The topological polar surface area (TPSA) is 84.7 Å². The van der Waals surface area contributed by atoms with E-state index in [2.05, 4.69) is 15.2 Å². The molecule has 0 unspecified atom stereocenters. The molecule has 0 bridgehead atoms. The third-order valence-electron chi connectivity index (χ3n) is 5.99. The first-order chi connectivity index (χ1) is 15.3. The van der Waals surface area contributed by atoms with Crippen LogP contribution in [0.1, 0.15) is 18.3 Å². The predicted octanol–water partition coefficient (Wildman–Crippen LogP) is 3.12. The molecule has 0 aliphatic heterocycles. The van der Waals surface area contributed by atoms with Crippen molar-refractivity contribution in [1.29, 1.82) is 0 Å². The molecule has 0 amide bonds. The first kappa shape index (κ1) is 20.0. The van der Waals surface area contributed by atoms with E-state index in [0.717, 1.165) is 56.7 Å². The lowest BCUT2D eigenvalue weighted by atomic mass is 10.0. The van der Waals surface area contributed by atoms with E-state index in [1.54, 1.807) is 34.2 Å². The van der Waals surface area contributed by atoms with Crippen LogP contribution in [0.15, 0.2) is 35.5 Å². The lowest BCUT2D eigenvalue weighted by molar-refractivity contribution is 0.417. The molecule has 9 nitrogen and oxygen atoms in total. The molecule has 0 spiro atoms. The van der Waals surface area contributed by atoms with E-state index in [0.29, 0.717) is 5.75 Å². The van der Waals surface area contributed by atoms with E-state index < -0.39 is 0 Å². The summed E-state index contributed by atoms with van der Waals surface area (Å²) in [5, 5.41) is 9.90. The van der Waals surface area contributed by atoms with Gasteiger partial charge in [0.1, 0.15) is 5.75 Å². The Labute approximate surface area is 184 Å². The molecular formula is C23H25N7O2. The van der Waals surface area contributed by atoms with Gasteiger partial charge in [0.25, 0.3) is 0 Å². The second-order valence-corrected chi connectivity index (χ2v) is 8.00. The minimum absolute atomic E-state index is 0.136. The molecule has 164 valence electrons. The molecule has 0 saturated carbocycles. The van der Waals surface area contributed by atoms with Crippen molar-refractivity contribution in [3.63, 3.8) is 0 Å². The van der Waals surface area contributed by atoms with Crippen molar-refractivity contribution in [2.75, 3.05) is 7.11 Å². The zero-order chi connectivity index (χ0) is 22.7. The van der Waals surface area contributed by atoms with Crippen LogP contribution in [0.4, 0.5) is 0 Å². The first-order valence-electron chi connectivity index (χ1n) is 10.5. The van der Waals surface area contributed by atoms with Crippen molar-refractivity contribution < 1.29 is 4.74 Å². The molecule has 9 heteroatoms. The summed E-state index contributed by atoms with van der Waals surface area (Å²) in [5.74, 6) is 0.709. The van der Waals surface area contributed by atoms with Crippen LogP contribution in [0, 0.1) is 13.8 Å². The first-order valence-corrected chi connectivity index (χ1v) is 10.5. The predicted molar refractivity (Wildman–Crippen MR) is 124 cm³/mol. The van der Waals surface area contributed by atoms with Crippen LogP contribution >= 0.6 is 0 Å². The molecule has 0 radical (unpaired) electrons. The van der Waals surface area contributed by atoms with E-state index in [4.69, 9.17) is 4.74 Å². The van der Waals surface area contributed by atoms with Gasteiger partial charge in [-0.2, -0.15) is 10.2 Å². The fourth-order valence-corrected chi connectivity index (χ4v) is 4.38. The largest absolute Gasteiger partial charge is 0.496 e. The summed E-state index contributed by atoms with van der Waals surface area (Å²) in [7, 11) is 5.31. The number of methoxy groups -OCH3 is 1. The van der Waals surface area contributed by atoms with Gasteiger partial charge in [-0.05, 0) is 26.8 Å². The van der Waals surface area contributed by atoms with Crippen LogP contribution in [-0.2, 0) is 20.6 Å². The summed E-state index contributed by atoms with van der Waals surface area (Å²) < 4.78 is 12.7. The summed E-state index contributed by atoms with van der Waals surface area (Å²) in [6, 6.07) is 3.96. The van der Waals surface area contributed by atoms with E-state index in [1.165, 1.54) is 0 Å². The highest BCUT2D eigenvalue weighted by Gasteiger charge is 2.21. The van der Waals surface area contributed by atoms with E-state index in [-0.39, 0.29) is 5.69 Å². The van der Waals surface area contributed by atoms with Gasteiger partial charge in [-0.1, -0.05) is 0 Å². The number of nitrogens with zero attached hydrogens (tertiary/aromatic N) is 7. The van der Waals surface area contributed by atoms with Crippen LogP contribution in [0.2, 0.25) is 0 Å². The van der Waals surface area contributed by atoms with E-state index in [1.807, 2.05) is 57.0 Å². The van der Waals surface area contributed by atoms with Crippen LogP contribution in [0.3, 0.4) is 0 Å². The monoisotopic (exact) mass is 431 g/mol. The fourth-order valence-electron chi connectivity index (χ4n) is 4.38. The Morgan fingerprint density at radius 2 is 1.81 bits per heavy atom. The van der Waals surface area contributed by atoms with Gasteiger partial charge >= 0.3 is 5.69 Å². The third-order valence-corrected chi connectivity index (χ3v) is 5.99. The molecule has 5 aromatic rings. The van der Waals surface area contributed by atoms with Gasteiger partial charge < -0.3 is 4.74 Å². The molecule has 5 rings (SSSR count). The summed E-state index contributed by atoms with van der Waals surface area (Å²) in [5.41, 5.74) is 6.51. The van der Waals surface area contributed by atoms with Crippen molar-refractivity contribution in [3.8, 4) is 22.6 Å². The number of hydrogen-bond acceptors (Lipinski definition) is 5. The van der Waals surface area contributed by atoms with Crippen molar-refractivity contribution in [1.82, 2.24) is 33.7 Å². The average Bonchev–Trinajstić information content (AvgIpc) is 3.40. The Hall–Kier alpha value is -3.88. The smallest absolute Gasteiger partial charge is 0.333 e. The van der Waals surface area contributed by atoms with Crippen molar-refractivity contribution >= 4 is 21.9 Å². The van der Waals surface area contributed by atoms with Crippen molar-refractivity contribution in [2.45, 2.75) is 27.3 Å². The molecule has 32 heavy (non-hydrogen) atoms. The van der Waals surface area contributed by atoms with Crippen LogP contribution in [0.5, 0.6) is 5.75 Å². The standard InChI is InChI=1S/C23H25N7O2/c1-7-29-12-20(14(3)26-29)30-22-16-8-15(17-11-27(4)25-13(17)2)21(32-6)9-18(16)24-10-19(22)28(5)23(30)31/h8-12H,7H2,1-6H3. The quantitative estimate of drug-likeness (QED) is 0.437. The maximum atomic E-state index is 13.3. The number of ether oxygens (including phenoxy) is 1. The van der Waals surface area contributed by atoms with Crippen molar-refractivity contribution in [3.05, 3.63) is 52.6 Å². The highest BCUT2D eigenvalue weighted by atomic mass is 16.5. The lowest BCUT2D eigenvalue weighted by Crippen LogP contribution is -2.21. The fraction of sp³-hybridized carbons (Fsp3) is 0.304. The Bertz CT molecular complexity index is 1570. The lowest BCUT2D eigenvalue weighted by Gasteiger charge is -2.11. The molecule has 0 fully saturated rings. The van der Waals surface area contributed by atoms with Crippen molar-refractivity contribution in [2.24, 2.45) is 14.1 Å². The minimum Gasteiger partial charge on any atom is -0.496 e. The number of aryl methyl sites for hydroxylation is 5. The molecule has 0 N–H and O–H groups in total. The molecule has 0 aliphatic carbocycles. The molecule has 4 heterocycles. The highest BCUT2D eigenvalue weighted by molar-refractivity contribution is 6.05. The number of hydrogen-bond donors (Lipinski definition) is 0. The summed E-state index contributed by atoms with van der Waals surface area (Å²) in [6.45, 7) is 6.64. The van der Waals surface area contributed by atoms with Gasteiger partial charge in [0.15, 0.2) is 0 Å². The minimum atomic E-state index is -0.136. The van der Waals surface area contributed by atoms with Gasteiger partial charge in [0, 0.05) is 55.6 Å². The van der Waals surface area contributed by atoms with Gasteiger partial charge in [0.05, 0.1) is 46.9 Å². The molecular weight excluding hydrogens is 406 g/mol. The summed E-state index contributed by atoms with van der Waals surface area (Å²) in [4.78, 5) is 18.0. The van der Waals surface area contributed by atoms with Gasteiger partial charge in [-0.25, -0.2) is 4.79 Å². The number of fused-ring (bicyclic) bond motifs is 3.